The van der Waals surface area contributed by atoms with Crippen LogP contribution in [0.4, 0.5) is 10.3 Å². The van der Waals surface area contributed by atoms with Crippen molar-refractivity contribution in [2.24, 2.45) is 5.92 Å². The number of hydrogen-bond donors (Lipinski definition) is 0. The number of piperidine rings is 1. The Morgan fingerprint density at radius 1 is 1.23 bits per heavy atom. The largest absolute Gasteiger partial charge is 0.462 e. The predicted molar refractivity (Wildman–Crippen MR) is 115 cm³/mol. The lowest BCUT2D eigenvalue weighted by molar-refractivity contribution is -0.150. The molecule has 0 saturated carbocycles. The number of rotatable bonds is 6. The first-order valence-electron chi connectivity index (χ1n) is 10.1. The fraction of sp³-hybridized carbons (Fsp3) is 0.364. The van der Waals surface area contributed by atoms with Gasteiger partial charge in [0.1, 0.15) is 17.3 Å². The van der Waals surface area contributed by atoms with Crippen LogP contribution in [0.25, 0.3) is 10.1 Å². The van der Waals surface area contributed by atoms with E-state index in [9.17, 15) is 14.0 Å². The Balaban J connectivity index is 1.51. The van der Waals surface area contributed by atoms with Gasteiger partial charge in [-0.25, -0.2) is 19.2 Å². The van der Waals surface area contributed by atoms with Crippen molar-refractivity contribution in [2.75, 3.05) is 24.6 Å². The number of benzene rings is 1. The van der Waals surface area contributed by atoms with Crippen LogP contribution in [0.2, 0.25) is 0 Å². The fourth-order valence-electron chi connectivity index (χ4n) is 3.73. The predicted octanol–water partition coefficient (Wildman–Crippen LogP) is 3.97. The minimum absolute atomic E-state index is 0.188. The van der Waals surface area contributed by atoms with Gasteiger partial charge >= 0.3 is 11.9 Å². The Labute approximate surface area is 182 Å². The van der Waals surface area contributed by atoms with Crippen LogP contribution in [0.1, 0.15) is 35.0 Å². The van der Waals surface area contributed by atoms with Crippen molar-refractivity contribution in [1.82, 2.24) is 9.97 Å². The number of anilines is 1. The maximum Gasteiger partial charge on any atom is 0.348 e. The van der Waals surface area contributed by atoms with Gasteiger partial charge in [0.15, 0.2) is 0 Å². The lowest BCUT2D eigenvalue weighted by Crippen LogP contribution is -2.40. The normalized spacial score (nSPS) is 16.3. The first-order chi connectivity index (χ1) is 15.1. The van der Waals surface area contributed by atoms with Crippen molar-refractivity contribution in [2.45, 2.75) is 26.4 Å². The Morgan fingerprint density at radius 3 is 2.81 bits per heavy atom. The lowest BCUT2D eigenvalue weighted by atomic mass is 9.98. The molecule has 0 N–H and O–H groups in total. The molecule has 9 heteroatoms. The first kappa shape index (κ1) is 21.2. The van der Waals surface area contributed by atoms with E-state index < -0.39 is 11.8 Å². The van der Waals surface area contributed by atoms with E-state index in [1.165, 1.54) is 6.07 Å². The maximum atomic E-state index is 14.5. The number of thiophene rings is 1. The molecule has 1 unspecified atom stereocenters. The Hall–Kier alpha value is -3.07. The molecule has 1 aliphatic rings. The summed E-state index contributed by atoms with van der Waals surface area (Å²) in [5.74, 6) is -1.15. The van der Waals surface area contributed by atoms with Crippen molar-refractivity contribution in [3.05, 3.63) is 52.9 Å². The van der Waals surface area contributed by atoms with E-state index >= 15 is 0 Å². The van der Waals surface area contributed by atoms with Crippen LogP contribution in [-0.4, -0.2) is 41.6 Å². The summed E-state index contributed by atoms with van der Waals surface area (Å²) < 4.78 is 25.8. The zero-order valence-corrected chi connectivity index (χ0v) is 17.9. The Bertz CT molecular complexity index is 1090. The molecule has 1 saturated heterocycles. The SMILES string of the molecule is CCOC(=O)c1sc2cccc(F)c2c1COC(=O)C1CCCN(c2ncccn2)C1. The van der Waals surface area contributed by atoms with Gasteiger partial charge in [-0.05, 0) is 38.0 Å². The van der Waals surface area contributed by atoms with Gasteiger partial charge < -0.3 is 14.4 Å². The minimum Gasteiger partial charge on any atom is -0.462 e. The van der Waals surface area contributed by atoms with Crippen LogP contribution in [0.3, 0.4) is 0 Å². The highest BCUT2D eigenvalue weighted by molar-refractivity contribution is 7.21. The third-order valence-electron chi connectivity index (χ3n) is 5.17. The molecule has 1 fully saturated rings. The highest BCUT2D eigenvalue weighted by atomic mass is 32.1. The molecule has 1 aromatic carbocycles. The molecule has 3 heterocycles. The van der Waals surface area contributed by atoms with Crippen molar-refractivity contribution >= 4 is 39.3 Å². The van der Waals surface area contributed by atoms with Crippen molar-refractivity contribution in [3.63, 3.8) is 0 Å². The summed E-state index contributed by atoms with van der Waals surface area (Å²) in [6, 6.07) is 6.38. The van der Waals surface area contributed by atoms with E-state index in [2.05, 4.69) is 9.97 Å². The second kappa shape index (κ2) is 9.38. The lowest BCUT2D eigenvalue weighted by Gasteiger charge is -2.31. The molecule has 1 aliphatic heterocycles. The molecule has 31 heavy (non-hydrogen) atoms. The molecule has 2 aromatic heterocycles. The Morgan fingerprint density at radius 2 is 2.03 bits per heavy atom. The van der Waals surface area contributed by atoms with Crippen LogP contribution in [-0.2, 0) is 20.9 Å². The van der Waals surface area contributed by atoms with Crippen LogP contribution < -0.4 is 4.90 Å². The molecule has 3 aromatic rings. The summed E-state index contributed by atoms with van der Waals surface area (Å²) in [6.45, 7) is 2.94. The quantitative estimate of drug-likeness (QED) is 0.533. The molecule has 4 rings (SSSR count). The average molecular weight is 444 g/mol. The number of carbonyl (C=O) groups is 2. The minimum atomic E-state index is -0.542. The molecule has 1 atom stereocenters. The van der Waals surface area contributed by atoms with Gasteiger partial charge in [0, 0.05) is 41.1 Å². The van der Waals surface area contributed by atoms with E-state index in [-0.39, 0.29) is 30.0 Å². The highest BCUT2D eigenvalue weighted by Crippen LogP contribution is 2.34. The van der Waals surface area contributed by atoms with Gasteiger partial charge in [0.2, 0.25) is 5.95 Å². The van der Waals surface area contributed by atoms with Crippen LogP contribution in [0.5, 0.6) is 0 Å². The molecule has 0 bridgehead atoms. The van der Waals surface area contributed by atoms with Crippen LogP contribution in [0.15, 0.2) is 36.7 Å². The van der Waals surface area contributed by atoms with Gasteiger partial charge in [-0.15, -0.1) is 11.3 Å². The third kappa shape index (κ3) is 4.51. The van der Waals surface area contributed by atoms with Gasteiger partial charge in [-0.1, -0.05) is 6.07 Å². The van der Waals surface area contributed by atoms with E-state index in [1.807, 2.05) is 4.90 Å². The Kier molecular flexibility index (Phi) is 6.41. The van der Waals surface area contributed by atoms with Crippen molar-refractivity contribution in [3.8, 4) is 0 Å². The van der Waals surface area contributed by atoms with Crippen molar-refractivity contribution < 1.29 is 23.5 Å². The molecular formula is C22H22FN3O4S. The van der Waals surface area contributed by atoms with Gasteiger partial charge in [0.25, 0.3) is 0 Å². The average Bonchev–Trinajstić information content (AvgIpc) is 3.18. The second-order valence-corrected chi connectivity index (χ2v) is 8.24. The van der Waals surface area contributed by atoms with Crippen LogP contribution >= 0.6 is 11.3 Å². The molecular weight excluding hydrogens is 421 g/mol. The number of fused-ring (bicyclic) bond motifs is 1. The summed E-state index contributed by atoms with van der Waals surface area (Å²) in [6.07, 6.45) is 4.82. The molecule has 162 valence electrons. The first-order valence-corrected chi connectivity index (χ1v) is 11.0. The standard InChI is InChI=1S/C22H22FN3O4S/c1-2-29-21(28)19-15(18-16(23)7-3-8-17(18)31-19)13-30-20(27)14-6-4-11-26(12-14)22-24-9-5-10-25-22/h3,5,7-10,14H,2,4,6,11-13H2,1H3. The van der Waals surface area contributed by atoms with Crippen LogP contribution in [0, 0.1) is 11.7 Å². The number of carbonyl (C=O) groups excluding carboxylic acids is 2. The molecule has 0 amide bonds. The van der Waals surface area contributed by atoms with Gasteiger partial charge in [0.05, 0.1) is 12.5 Å². The number of esters is 2. The maximum absolute atomic E-state index is 14.5. The van der Waals surface area contributed by atoms with E-state index in [0.717, 1.165) is 24.3 Å². The zero-order chi connectivity index (χ0) is 21.8. The zero-order valence-electron chi connectivity index (χ0n) is 17.0. The highest BCUT2D eigenvalue weighted by Gasteiger charge is 2.29. The second-order valence-electron chi connectivity index (χ2n) is 7.18. The summed E-state index contributed by atoms with van der Waals surface area (Å²) in [5.41, 5.74) is 0.351. The third-order valence-corrected chi connectivity index (χ3v) is 6.35. The van der Waals surface area contributed by atoms with Gasteiger partial charge in [-0.2, -0.15) is 0 Å². The van der Waals surface area contributed by atoms with E-state index in [4.69, 9.17) is 9.47 Å². The van der Waals surface area contributed by atoms with Gasteiger partial charge in [-0.3, -0.25) is 4.79 Å². The summed E-state index contributed by atoms with van der Waals surface area (Å²) in [7, 11) is 0. The molecule has 0 radical (unpaired) electrons. The molecule has 7 nitrogen and oxygen atoms in total. The number of aromatic nitrogens is 2. The molecule has 0 spiro atoms. The van der Waals surface area contributed by atoms with E-state index in [1.54, 1.807) is 37.5 Å². The number of nitrogens with zero attached hydrogens (tertiary/aromatic N) is 3. The number of halogens is 1. The smallest absolute Gasteiger partial charge is 0.348 e. The van der Waals surface area contributed by atoms with E-state index in [0.29, 0.717) is 34.6 Å². The fourth-order valence-corrected chi connectivity index (χ4v) is 4.85. The monoisotopic (exact) mass is 443 g/mol. The summed E-state index contributed by atoms with van der Waals surface area (Å²) in [4.78, 5) is 35.9. The van der Waals surface area contributed by atoms with Crippen molar-refractivity contribution in [1.29, 1.82) is 0 Å². The summed E-state index contributed by atoms with van der Waals surface area (Å²) in [5, 5.41) is 0.298. The molecule has 0 aliphatic carbocycles. The summed E-state index contributed by atoms with van der Waals surface area (Å²) >= 11 is 1.14. The topological polar surface area (TPSA) is 81.6 Å². The number of ether oxygens (including phenoxy) is 2. The number of hydrogen-bond acceptors (Lipinski definition) is 8.